The van der Waals surface area contributed by atoms with Gasteiger partial charge in [-0.25, -0.2) is 0 Å². The van der Waals surface area contributed by atoms with Crippen molar-refractivity contribution in [3.05, 3.63) is 122 Å². The zero-order valence-electron chi connectivity index (χ0n) is 50.2. The van der Waals surface area contributed by atoms with E-state index in [2.05, 4.69) is 142 Å². The van der Waals surface area contributed by atoms with Crippen molar-refractivity contribution < 1.29 is 28.6 Å². The van der Waals surface area contributed by atoms with Crippen LogP contribution in [0.5, 0.6) is 0 Å². The molecule has 6 heteroatoms. The summed E-state index contributed by atoms with van der Waals surface area (Å²) in [5.74, 6) is -0.973. The molecule has 1 unspecified atom stereocenters. The number of carbonyl (C=O) groups is 3. The Kier molecular flexibility index (Phi) is 60.8. The van der Waals surface area contributed by atoms with Gasteiger partial charge in [0.25, 0.3) is 0 Å². The maximum absolute atomic E-state index is 12.9. The number of carbonyl (C=O) groups excluding carboxylic acids is 3. The average Bonchev–Trinajstić information content (AvgIpc) is 3.43. The van der Waals surface area contributed by atoms with Crippen LogP contribution in [-0.2, 0) is 28.6 Å². The Morgan fingerprint density at radius 1 is 0.273 bits per heavy atom. The summed E-state index contributed by atoms with van der Waals surface area (Å²) in [4.78, 5) is 38.3. The highest BCUT2D eigenvalue weighted by atomic mass is 16.6. The highest BCUT2D eigenvalue weighted by molar-refractivity contribution is 5.71. The van der Waals surface area contributed by atoms with Gasteiger partial charge in [-0.1, -0.05) is 264 Å². The van der Waals surface area contributed by atoms with Gasteiger partial charge in [-0.05, 0) is 128 Å². The molecule has 0 fully saturated rings. The van der Waals surface area contributed by atoms with Gasteiger partial charge in [0, 0.05) is 19.3 Å². The van der Waals surface area contributed by atoms with Crippen molar-refractivity contribution in [1.29, 1.82) is 0 Å². The number of allylic oxidation sites excluding steroid dienone is 20. The average molecular weight is 1070 g/mol. The van der Waals surface area contributed by atoms with Crippen molar-refractivity contribution in [2.45, 2.75) is 297 Å². The number of ether oxygens (including phenoxy) is 3. The third-order valence-electron chi connectivity index (χ3n) is 13.4. The monoisotopic (exact) mass is 1070 g/mol. The second-order valence-electron chi connectivity index (χ2n) is 20.9. The molecule has 438 valence electrons. The molecule has 0 amide bonds. The fourth-order valence-corrected chi connectivity index (χ4v) is 8.63. The predicted molar refractivity (Wildman–Crippen MR) is 334 cm³/mol. The van der Waals surface area contributed by atoms with Crippen LogP contribution in [0.2, 0.25) is 0 Å². The van der Waals surface area contributed by atoms with E-state index >= 15 is 0 Å². The summed E-state index contributed by atoms with van der Waals surface area (Å²) < 4.78 is 16.9. The summed E-state index contributed by atoms with van der Waals surface area (Å²) in [6.07, 6.45) is 89.1. The lowest BCUT2D eigenvalue weighted by Crippen LogP contribution is -2.30. The zero-order chi connectivity index (χ0) is 55.7. The number of esters is 3. The standard InChI is InChI=1S/C71H118O6/c1-4-7-10-13-16-19-22-25-28-31-34-35-36-37-38-41-43-46-49-52-55-58-61-64-70(73)76-67-68(77-71(74)65-62-59-56-53-50-47-44-40-33-30-27-24-21-18-15-12-9-6-3)66-75-69(72)63-60-57-54-51-48-45-42-39-32-29-26-23-20-17-14-11-8-5-2/h7,10,16,19,21,24-25,28-30,32-35,37-38,43,46,52,55,68H,4-6,8-9,11-15,17-18,20,22-23,26-27,31,36,39-42,44-45,47-51,53-54,56-67H2,1-3H3/b10-7-,19-16-,24-21-,28-25-,32-29-,33-30-,35-34-,38-37-,46-43-,55-52-. The van der Waals surface area contributed by atoms with Crippen LogP contribution in [0.3, 0.4) is 0 Å². The largest absolute Gasteiger partial charge is 0.462 e. The lowest BCUT2D eigenvalue weighted by molar-refractivity contribution is -0.167. The predicted octanol–water partition coefficient (Wildman–Crippen LogP) is 22.0. The van der Waals surface area contributed by atoms with E-state index in [1.165, 1.54) is 141 Å². The van der Waals surface area contributed by atoms with Crippen molar-refractivity contribution >= 4 is 17.9 Å². The minimum absolute atomic E-state index is 0.103. The minimum atomic E-state index is -0.813. The molecule has 0 aromatic heterocycles. The van der Waals surface area contributed by atoms with Gasteiger partial charge in [0.1, 0.15) is 13.2 Å². The molecule has 0 N–H and O–H groups in total. The van der Waals surface area contributed by atoms with Gasteiger partial charge in [0.05, 0.1) is 0 Å². The summed E-state index contributed by atoms with van der Waals surface area (Å²) in [5.41, 5.74) is 0. The molecule has 0 radical (unpaired) electrons. The molecule has 0 aliphatic rings. The number of unbranched alkanes of at least 4 members (excludes halogenated alkanes) is 26. The molecule has 0 rings (SSSR count). The van der Waals surface area contributed by atoms with Crippen LogP contribution in [0.1, 0.15) is 290 Å². The summed E-state index contributed by atoms with van der Waals surface area (Å²) in [6, 6.07) is 0. The van der Waals surface area contributed by atoms with E-state index in [1.807, 2.05) is 0 Å². The van der Waals surface area contributed by atoms with Crippen molar-refractivity contribution in [2.24, 2.45) is 0 Å². The Labute approximate surface area is 475 Å². The first-order valence-corrected chi connectivity index (χ1v) is 32.0. The van der Waals surface area contributed by atoms with Gasteiger partial charge in [-0.3, -0.25) is 14.4 Å². The van der Waals surface area contributed by atoms with Gasteiger partial charge >= 0.3 is 17.9 Å². The summed E-state index contributed by atoms with van der Waals surface area (Å²) >= 11 is 0. The molecule has 0 bridgehead atoms. The maximum atomic E-state index is 12.9. The van der Waals surface area contributed by atoms with Crippen LogP contribution in [-0.4, -0.2) is 37.2 Å². The highest BCUT2D eigenvalue weighted by Gasteiger charge is 2.19. The number of rotatable bonds is 57. The molecule has 0 aromatic carbocycles. The van der Waals surface area contributed by atoms with Crippen LogP contribution in [0.25, 0.3) is 0 Å². The van der Waals surface area contributed by atoms with Crippen LogP contribution in [0.15, 0.2) is 122 Å². The van der Waals surface area contributed by atoms with Crippen LogP contribution in [0.4, 0.5) is 0 Å². The molecule has 77 heavy (non-hydrogen) atoms. The fraction of sp³-hybridized carbons (Fsp3) is 0.676. The van der Waals surface area contributed by atoms with E-state index < -0.39 is 6.10 Å². The SMILES string of the molecule is CC/C=C\C/C=C\C/C=C\C/C=C\C/C=C\C/C=C\C/C=C\CCCC(=O)OCC(COC(=O)CCCCCCCCC/C=C\CCCCCCCCC)OC(=O)CCCCCCCCC/C=C\C/C=C\CCCCCC. The van der Waals surface area contributed by atoms with Gasteiger partial charge in [0.15, 0.2) is 6.10 Å². The van der Waals surface area contributed by atoms with Crippen LogP contribution < -0.4 is 0 Å². The van der Waals surface area contributed by atoms with Gasteiger partial charge in [0.2, 0.25) is 0 Å². The summed E-state index contributed by atoms with van der Waals surface area (Å²) in [5, 5.41) is 0. The molecule has 0 heterocycles. The van der Waals surface area contributed by atoms with Crippen LogP contribution in [0, 0.1) is 0 Å². The highest BCUT2D eigenvalue weighted by Crippen LogP contribution is 2.15. The van der Waals surface area contributed by atoms with Gasteiger partial charge < -0.3 is 14.2 Å². The first kappa shape index (κ1) is 72.8. The Bertz CT molecular complexity index is 1600. The topological polar surface area (TPSA) is 78.9 Å². The Morgan fingerprint density at radius 2 is 0.519 bits per heavy atom. The summed E-state index contributed by atoms with van der Waals surface area (Å²) in [6.45, 7) is 6.47. The second kappa shape index (κ2) is 64.3. The fourth-order valence-electron chi connectivity index (χ4n) is 8.63. The molecular weight excluding hydrogens is 949 g/mol. The normalized spacial score (nSPS) is 12.9. The van der Waals surface area contributed by atoms with Crippen LogP contribution >= 0.6 is 0 Å². The zero-order valence-corrected chi connectivity index (χ0v) is 50.2. The quantitative estimate of drug-likeness (QED) is 0.0261. The Morgan fingerprint density at radius 3 is 0.870 bits per heavy atom. The number of hydrogen-bond acceptors (Lipinski definition) is 6. The van der Waals surface area contributed by atoms with Crippen molar-refractivity contribution in [2.75, 3.05) is 13.2 Å². The van der Waals surface area contributed by atoms with Crippen molar-refractivity contribution in [3.63, 3.8) is 0 Å². The molecule has 0 aliphatic heterocycles. The summed E-state index contributed by atoms with van der Waals surface area (Å²) in [7, 11) is 0. The molecule has 0 saturated heterocycles. The first-order chi connectivity index (χ1) is 38.0. The molecule has 0 saturated carbocycles. The van der Waals surface area contributed by atoms with Crippen molar-refractivity contribution in [1.82, 2.24) is 0 Å². The lowest BCUT2D eigenvalue weighted by atomic mass is 10.1. The third kappa shape index (κ3) is 62.5. The maximum Gasteiger partial charge on any atom is 0.306 e. The van der Waals surface area contributed by atoms with E-state index in [9.17, 15) is 14.4 Å². The molecule has 1 atom stereocenters. The second-order valence-corrected chi connectivity index (χ2v) is 20.9. The van der Waals surface area contributed by atoms with Gasteiger partial charge in [-0.15, -0.1) is 0 Å². The minimum Gasteiger partial charge on any atom is -0.462 e. The van der Waals surface area contributed by atoms with Crippen molar-refractivity contribution in [3.8, 4) is 0 Å². The van der Waals surface area contributed by atoms with E-state index in [4.69, 9.17) is 14.2 Å². The van der Waals surface area contributed by atoms with E-state index in [-0.39, 0.29) is 37.5 Å². The molecule has 0 aromatic rings. The van der Waals surface area contributed by atoms with Gasteiger partial charge in [-0.2, -0.15) is 0 Å². The lowest BCUT2D eigenvalue weighted by Gasteiger charge is -2.18. The smallest absolute Gasteiger partial charge is 0.306 e. The molecular formula is C71H118O6. The molecule has 6 nitrogen and oxygen atoms in total. The molecule has 0 aliphatic carbocycles. The third-order valence-corrected chi connectivity index (χ3v) is 13.4. The molecule has 0 spiro atoms. The van der Waals surface area contributed by atoms with E-state index in [0.717, 1.165) is 103 Å². The first-order valence-electron chi connectivity index (χ1n) is 32.0. The number of hydrogen-bond donors (Lipinski definition) is 0. The Hall–Kier alpha value is -4.19. The van der Waals surface area contributed by atoms with E-state index in [1.54, 1.807) is 0 Å². The van der Waals surface area contributed by atoms with E-state index in [0.29, 0.717) is 19.3 Å². The Balaban J connectivity index is 4.51.